The first-order valence-electron chi connectivity index (χ1n) is 7.28. The topological polar surface area (TPSA) is 38.3 Å². The molecule has 23 heavy (non-hydrogen) atoms. The van der Waals surface area contributed by atoms with E-state index < -0.39 is 6.10 Å². The van der Waals surface area contributed by atoms with E-state index in [1.165, 1.54) is 0 Å². The van der Waals surface area contributed by atoms with Gasteiger partial charge in [-0.2, -0.15) is 0 Å². The van der Waals surface area contributed by atoms with E-state index in [-0.39, 0.29) is 5.91 Å². The maximum atomic E-state index is 12.4. The molecular formula is C18H19Cl2NO2. The average Bonchev–Trinajstić information content (AvgIpc) is 2.45. The van der Waals surface area contributed by atoms with Crippen molar-refractivity contribution in [3.63, 3.8) is 0 Å². The summed E-state index contributed by atoms with van der Waals surface area (Å²) in [4.78, 5) is 12.4. The van der Waals surface area contributed by atoms with E-state index in [1.807, 2.05) is 32.9 Å². The molecule has 0 aliphatic heterocycles. The quantitative estimate of drug-likeness (QED) is 0.808. The Labute approximate surface area is 146 Å². The normalized spacial score (nSPS) is 11.9. The summed E-state index contributed by atoms with van der Waals surface area (Å²) in [5.74, 6) is 0.372. The fraction of sp³-hybridized carbons (Fsp3) is 0.278. The summed E-state index contributed by atoms with van der Waals surface area (Å²) in [7, 11) is 0. The summed E-state index contributed by atoms with van der Waals surface area (Å²) in [6, 6.07) is 9.07. The molecule has 0 aromatic heterocycles. The van der Waals surface area contributed by atoms with Crippen molar-refractivity contribution in [2.75, 3.05) is 5.32 Å². The molecule has 0 spiro atoms. The van der Waals surface area contributed by atoms with Crippen LogP contribution in [-0.4, -0.2) is 12.0 Å². The molecule has 2 aromatic rings. The highest BCUT2D eigenvalue weighted by molar-refractivity contribution is 6.34. The third-order valence-electron chi connectivity index (χ3n) is 3.49. The second-order valence-electron chi connectivity index (χ2n) is 5.60. The molecule has 0 bridgehead atoms. The SMILES string of the molecule is Cc1cc(C)c(NC(=O)[C@@H](C)Oc2ccc(Cl)cc2C)c(Cl)c1. The number of ether oxygens (including phenoxy) is 1. The number of aryl methyl sites for hydroxylation is 3. The lowest BCUT2D eigenvalue weighted by Gasteiger charge is -2.18. The molecule has 1 N–H and O–H groups in total. The van der Waals surface area contributed by atoms with Gasteiger partial charge in [0.05, 0.1) is 10.7 Å². The Morgan fingerprint density at radius 2 is 1.78 bits per heavy atom. The Bertz CT molecular complexity index is 721. The molecule has 0 radical (unpaired) electrons. The summed E-state index contributed by atoms with van der Waals surface area (Å²) >= 11 is 12.1. The number of anilines is 1. The number of hydrogen-bond acceptors (Lipinski definition) is 2. The fourth-order valence-electron chi connectivity index (χ4n) is 2.29. The molecule has 0 aliphatic carbocycles. The molecule has 122 valence electrons. The van der Waals surface area contributed by atoms with Crippen LogP contribution in [0.2, 0.25) is 10.0 Å². The van der Waals surface area contributed by atoms with Gasteiger partial charge >= 0.3 is 0 Å². The maximum absolute atomic E-state index is 12.4. The van der Waals surface area contributed by atoms with Crippen LogP contribution < -0.4 is 10.1 Å². The Morgan fingerprint density at radius 3 is 2.39 bits per heavy atom. The van der Waals surface area contributed by atoms with Crippen molar-refractivity contribution >= 4 is 34.8 Å². The second-order valence-corrected chi connectivity index (χ2v) is 6.44. The van der Waals surface area contributed by atoms with Crippen molar-refractivity contribution in [2.45, 2.75) is 33.8 Å². The van der Waals surface area contributed by atoms with E-state index in [9.17, 15) is 4.79 Å². The van der Waals surface area contributed by atoms with Gasteiger partial charge in [0.15, 0.2) is 6.10 Å². The van der Waals surface area contributed by atoms with Gasteiger partial charge in [0.2, 0.25) is 0 Å². The van der Waals surface area contributed by atoms with Crippen LogP contribution in [0.3, 0.4) is 0 Å². The smallest absolute Gasteiger partial charge is 0.265 e. The molecule has 0 aliphatic rings. The van der Waals surface area contributed by atoms with E-state index in [0.717, 1.165) is 16.7 Å². The molecule has 1 atom stereocenters. The van der Waals surface area contributed by atoms with Crippen molar-refractivity contribution in [1.29, 1.82) is 0 Å². The molecule has 3 nitrogen and oxygen atoms in total. The molecule has 2 aromatic carbocycles. The number of benzene rings is 2. The Morgan fingerprint density at radius 1 is 1.09 bits per heavy atom. The Balaban J connectivity index is 2.11. The Hall–Kier alpha value is -1.71. The van der Waals surface area contributed by atoms with Crippen LogP contribution in [0, 0.1) is 20.8 Å². The van der Waals surface area contributed by atoms with Crippen molar-refractivity contribution in [1.82, 2.24) is 0 Å². The van der Waals surface area contributed by atoms with E-state index in [4.69, 9.17) is 27.9 Å². The highest BCUT2D eigenvalue weighted by Crippen LogP contribution is 2.28. The minimum absolute atomic E-state index is 0.256. The third-order valence-corrected chi connectivity index (χ3v) is 4.02. The largest absolute Gasteiger partial charge is 0.481 e. The predicted molar refractivity (Wildman–Crippen MR) is 95.8 cm³/mol. The molecule has 1 amide bonds. The Kier molecular flexibility index (Phi) is 5.55. The van der Waals surface area contributed by atoms with Gasteiger partial charge in [-0.3, -0.25) is 4.79 Å². The second kappa shape index (κ2) is 7.24. The summed E-state index contributed by atoms with van der Waals surface area (Å²) in [6.07, 6.45) is -0.661. The van der Waals surface area contributed by atoms with Gasteiger partial charge < -0.3 is 10.1 Å². The third kappa shape index (κ3) is 4.40. The molecule has 0 heterocycles. The standard InChI is InChI=1S/C18H19Cl2NO2/c1-10-7-12(3)17(15(20)8-10)21-18(22)13(4)23-16-6-5-14(19)9-11(16)2/h5-9,13H,1-4H3,(H,21,22)/t13-/m1/s1. The van der Waals surface area contributed by atoms with Gasteiger partial charge in [0, 0.05) is 5.02 Å². The average molecular weight is 352 g/mol. The van der Waals surface area contributed by atoms with Crippen LogP contribution in [0.1, 0.15) is 23.6 Å². The summed E-state index contributed by atoms with van der Waals surface area (Å²) < 4.78 is 5.72. The minimum Gasteiger partial charge on any atom is -0.481 e. The van der Waals surface area contributed by atoms with Crippen molar-refractivity contribution in [2.24, 2.45) is 0 Å². The lowest BCUT2D eigenvalue weighted by molar-refractivity contribution is -0.122. The molecule has 5 heteroatoms. The van der Waals surface area contributed by atoms with E-state index in [0.29, 0.717) is 21.5 Å². The zero-order chi connectivity index (χ0) is 17.1. The highest BCUT2D eigenvalue weighted by Gasteiger charge is 2.18. The lowest BCUT2D eigenvalue weighted by atomic mass is 10.1. The first-order valence-corrected chi connectivity index (χ1v) is 8.04. The summed E-state index contributed by atoms with van der Waals surface area (Å²) in [6.45, 7) is 7.44. The number of hydrogen-bond donors (Lipinski definition) is 1. The summed E-state index contributed by atoms with van der Waals surface area (Å²) in [5.41, 5.74) is 3.46. The van der Waals surface area contributed by atoms with Crippen LogP contribution in [0.25, 0.3) is 0 Å². The molecule has 0 unspecified atom stereocenters. The van der Waals surface area contributed by atoms with Crippen molar-refractivity contribution in [3.8, 4) is 5.75 Å². The van der Waals surface area contributed by atoms with Crippen molar-refractivity contribution in [3.05, 3.63) is 57.1 Å². The van der Waals surface area contributed by atoms with E-state index in [1.54, 1.807) is 25.1 Å². The monoisotopic (exact) mass is 351 g/mol. The van der Waals surface area contributed by atoms with Crippen LogP contribution >= 0.6 is 23.2 Å². The minimum atomic E-state index is -0.661. The predicted octanol–water partition coefficient (Wildman–Crippen LogP) is 5.32. The van der Waals surface area contributed by atoms with Crippen LogP contribution in [0.4, 0.5) is 5.69 Å². The molecule has 0 fully saturated rings. The maximum Gasteiger partial charge on any atom is 0.265 e. The van der Waals surface area contributed by atoms with Gasteiger partial charge in [0.25, 0.3) is 5.91 Å². The first kappa shape index (κ1) is 17.6. The number of amides is 1. The van der Waals surface area contributed by atoms with Gasteiger partial charge in [-0.15, -0.1) is 0 Å². The highest BCUT2D eigenvalue weighted by atomic mass is 35.5. The number of carbonyl (C=O) groups is 1. The van der Waals surface area contributed by atoms with Crippen LogP contribution in [-0.2, 0) is 4.79 Å². The van der Waals surface area contributed by atoms with Crippen LogP contribution in [0.5, 0.6) is 5.75 Å². The molecule has 2 rings (SSSR count). The first-order chi connectivity index (χ1) is 10.8. The van der Waals surface area contributed by atoms with E-state index in [2.05, 4.69) is 5.32 Å². The van der Waals surface area contributed by atoms with Gasteiger partial charge in [-0.05, 0) is 68.7 Å². The van der Waals surface area contributed by atoms with Gasteiger partial charge in [0.1, 0.15) is 5.75 Å². The van der Waals surface area contributed by atoms with Crippen molar-refractivity contribution < 1.29 is 9.53 Å². The lowest BCUT2D eigenvalue weighted by Crippen LogP contribution is -2.30. The van der Waals surface area contributed by atoms with Gasteiger partial charge in [-0.25, -0.2) is 0 Å². The van der Waals surface area contributed by atoms with Gasteiger partial charge in [-0.1, -0.05) is 29.3 Å². The van der Waals surface area contributed by atoms with Crippen LogP contribution in [0.15, 0.2) is 30.3 Å². The zero-order valence-corrected chi connectivity index (χ0v) is 15.0. The number of nitrogens with one attached hydrogen (secondary N) is 1. The fourth-order valence-corrected chi connectivity index (χ4v) is 2.88. The zero-order valence-electron chi connectivity index (χ0n) is 13.5. The molecular weight excluding hydrogens is 333 g/mol. The number of carbonyl (C=O) groups excluding carboxylic acids is 1. The summed E-state index contributed by atoms with van der Waals surface area (Å²) in [5, 5.41) is 3.99. The molecule has 0 saturated heterocycles. The number of rotatable bonds is 4. The molecule has 0 saturated carbocycles. The number of halogens is 2. The van der Waals surface area contributed by atoms with E-state index >= 15 is 0 Å².